The number of aryl methyl sites for hydroxylation is 1. The Hall–Kier alpha value is -1.37. The van der Waals surface area contributed by atoms with Crippen LogP contribution in [0.15, 0.2) is 35.2 Å². The van der Waals surface area contributed by atoms with Gasteiger partial charge >= 0.3 is 5.97 Å². The van der Waals surface area contributed by atoms with Gasteiger partial charge in [0.15, 0.2) is 9.84 Å². The van der Waals surface area contributed by atoms with Gasteiger partial charge in [-0.05, 0) is 36.8 Å². The molecule has 0 aliphatic carbocycles. The highest BCUT2D eigenvalue weighted by Gasteiger charge is 2.21. The lowest BCUT2D eigenvalue weighted by atomic mass is 10.2. The highest BCUT2D eigenvalue weighted by Crippen LogP contribution is 2.28. The number of thiophene rings is 1. The number of aromatic carboxylic acids is 1. The Morgan fingerprint density at radius 1 is 1.24 bits per heavy atom. The summed E-state index contributed by atoms with van der Waals surface area (Å²) < 4.78 is 24.8. The summed E-state index contributed by atoms with van der Waals surface area (Å²) in [6.45, 7) is 2.00. The van der Waals surface area contributed by atoms with E-state index in [2.05, 4.69) is 0 Å². The molecule has 1 aromatic carbocycles. The summed E-state index contributed by atoms with van der Waals surface area (Å²) in [5.41, 5.74) is -0.0987. The van der Waals surface area contributed by atoms with Gasteiger partial charge in [-0.25, -0.2) is 13.2 Å². The molecule has 21 heavy (non-hydrogen) atoms. The Labute approximate surface area is 131 Å². The third kappa shape index (κ3) is 3.64. The highest BCUT2D eigenvalue weighted by atomic mass is 35.5. The molecule has 4 nitrogen and oxygen atoms in total. The Morgan fingerprint density at radius 2 is 1.90 bits per heavy atom. The van der Waals surface area contributed by atoms with Crippen LogP contribution in [0.4, 0.5) is 0 Å². The summed E-state index contributed by atoms with van der Waals surface area (Å²) in [6.07, 6.45) is 0.847. The van der Waals surface area contributed by atoms with Gasteiger partial charge in [-0.15, -0.1) is 11.3 Å². The van der Waals surface area contributed by atoms with E-state index in [0.717, 1.165) is 17.4 Å². The average molecular weight is 345 g/mol. The zero-order valence-corrected chi connectivity index (χ0v) is 13.6. The minimum atomic E-state index is -3.68. The monoisotopic (exact) mass is 344 g/mol. The van der Waals surface area contributed by atoms with E-state index in [0.29, 0.717) is 4.88 Å². The van der Waals surface area contributed by atoms with E-state index in [1.807, 2.05) is 13.0 Å². The summed E-state index contributed by atoms with van der Waals surface area (Å²) in [4.78, 5) is 12.6. The first kappa shape index (κ1) is 16.0. The quantitative estimate of drug-likeness (QED) is 0.898. The molecule has 0 radical (unpaired) electrons. The molecule has 2 aromatic rings. The number of carboxylic acid groups (broad SMARTS) is 1. The number of rotatable bonds is 5. The van der Waals surface area contributed by atoms with E-state index in [1.54, 1.807) is 6.07 Å². The molecule has 0 fully saturated rings. The van der Waals surface area contributed by atoms with Gasteiger partial charge in [-0.2, -0.15) is 0 Å². The summed E-state index contributed by atoms with van der Waals surface area (Å²) in [5, 5.41) is 8.99. The first-order valence-electron chi connectivity index (χ1n) is 6.16. The van der Waals surface area contributed by atoms with Crippen LogP contribution in [-0.4, -0.2) is 19.5 Å². The molecule has 0 unspecified atom stereocenters. The van der Waals surface area contributed by atoms with E-state index in [9.17, 15) is 13.2 Å². The van der Waals surface area contributed by atoms with E-state index in [-0.39, 0.29) is 21.2 Å². The van der Waals surface area contributed by atoms with Crippen LogP contribution in [0, 0.1) is 0 Å². The summed E-state index contributed by atoms with van der Waals surface area (Å²) in [7, 11) is -3.68. The molecule has 0 bridgehead atoms. The van der Waals surface area contributed by atoms with Crippen LogP contribution in [0.25, 0.3) is 0 Å². The molecule has 0 saturated heterocycles. The fourth-order valence-corrected chi connectivity index (χ4v) is 5.05. The van der Waals surface area contributed by atoms with Gasteiger partial charge in [0, 0.05) is 9.75 Å². The second kappa shape index (κ2) is 6.17. The van der Waals surface area contributed by atoms with Crippen molar-refractivity contribution >= 4 is 38.7 Å². The van der Waals surface area contributed by atoms with Crippen molar-refractivity contribution in [3.63, 3.8) is 0 Å². The first-order chi connectivity index (χ1) is 9.83. The highest BCUT2D eigenvalue weighted by molar-refractivity contribution is 7.91. The summed E-state index contributed by atoms with van der Waals surface area (Å²) >= 11 is 7.35. The fourth-order valence-electron chi connectivity index (χ4n) is 1.83. The maximum absolute atomic E-state index is 12.4. The van der Waals surface area contributed by atoms with Crippen LogP contribution in [0.3, 0.4) is 0 Å². The SMILES string of the molecule is CCc1ccc(CS(=O)(=O)c2cc(C(=O)O)ccc2Cl)s1. The molecule has 1 heterocycles. The molecule has 0 atom stereocenters. The Balaban J connectivity index is 2.39. The number of sulfone groups is 1. The van der Waals surface area contributed by atoms with Crippen LogP contribution >= 0.6 is 22.9 Å². The molecular formula is C14H13ClO4S2. The maximum atomic E-state index is 12.4. The first-order valence-corrected chi connectivity index (χ1v) is 9.01. The van der Waals surface area contributed by atoms with Crippen LogP contribution in [0.5, 0.6) is 0 Å². The normalized spacial score (nSPS) is 11.5. The number of halogens is 1. The second-order valence-electron chi connectivity index (χ2n) is 4.43. The van der Waals surface area contributed by atoms with Gasteiger partial charge in [0.2, 0.25) is 0 Å². The third-order valence-electron chi connectivity index (χ3n) is 2.91. The van der Waals surface area contributed by atoms with Crippen molar-refractivity contribution in [1.29, 1.82) is 0 Å². The number of hydrogen-bond acceptors (Lipinski definition) is 4. The molecule has 112 valence electrons. The van der Waals surface area contributed by atoms with Crippen molar-refractivity contribution < 1.29 is 18.3 Å². The number of carboxylic acids is 1. The Morgan fingerprint density at radius 3 is 2.48 bits per heavy atom. The zero-order chi connectivity index (χ0) is 15.6. The lowest BCUT2D eigenvalue weighted by Crippen LogP contribution is -2.07. The van der Waals surface area contributed by atoms with Gasteiger partial charge < -0.3 is 5.11 Å². The molecule has 7 heteroatoms. The molecule has 0 saturated carbocycles. The molecule has 0 aliphatic heterocycles. The van der Waals surface area contributed by atoms with Gasteiger partial charge in [-0.1, -0.05) is 18.5 Å². The minimum absolute atomic E-state index is 0.0345. The number of benzene rings is 1. The molecular weight excluding hydrogens is 332 g/mol. The van der Waals surface area contributed by atoms with Crippen molar-refractivity contribution in [1.82, 2.24) is 0 Å². The van der Waals surface area contributed by atoms with E-state index < -0.39 is 15.8 Å². The molecule has 2 rings (SSSR count). The van der Waals surface area contributed by atoms with Crippen LogP contribution in [-0.2, 0) is 22.0 Å². The van der Waals surface area contributed by atoms with Gasteiger partial charge in [-0.3, -0.25) is 0 Å². The maximum Gasteiger partial charge on any atom is 0.335 e. The average Bonchev–Trinajstić information content (AvgIpc) is 2.85. The van der Waals surface area contributed by atoms with Gasteiger partial charge in [0.1, 0.15) is 0 Å². The van der Waals surface area contributed by atoms with E-state index >= 15 is 0 Å². The van der Waals surface area contributed by atoms with Gasteiger partial charge in [0.05, 0.1) is 21.2 Å². The molecule has 0 spiro atoms. The Kier molecular flexibility index (Phi) is 4.70. The summed E-state index contributed by atoms with van der Waals surface area (Å²) in [6, 6.07) is 7.35. The third-order valence-corrected chi connectivity index (χ3v) is 6.46. The topological polar surface area (TPSA) is 71.4 Å². The van der Waals surface area contributed by atoms with E-state index in [4.69, 9.17) is 16.7 Å². The lowest BCUT2D eigenvalue weighted by molar-refractivity contribution is 0.0696. The summed E-state index contributed by atoms with van der Waals surface area (Å²) in [5.74, 6) is -1.37. The van der Waals surface area contributed by atoms with Crippen LogP contribution in [0.1, 0.15) is 27.0 Å². The minimum Gasteiger partial charge on any atom is -0.478 e. The van der Waals surface area contributed by atoms with Gasteiger partial charge in [0.25, 0.3) is 0 Å². The second-order valence-corrected chi connectivity index (χ2v) is 8.05. The molecule has 0 aliphatic rings. The standard InChI is InChI=1S/C14H13ClO4S2/c1-2-10-4-5-11(20-10)8-21(18,19)13-7-9(14(16)17)3-6-12(13)15/h3-7H,2,8H2,1H3,(H,16,17). The van der Waals surface area contributed by atoms with Crippen molar-refractivity contribution in [3.05, 3.63) is 50.7 Å². The predicted octanol–water partition coefficient (Wildman–Crippen LogP) is 3.64. The van der Waals surface area contributed by atoms with Crippen molar-refractivity contribution in [2.24, 2.45) is 0 Å². The molecule has 0 amide bonds. The number of hydrogen-bond donors (Lipinski definition) is 1. The van der Waals surface area contributed by atoms with Crippen molar-refractivity contribution in [2.75, 3.05) is 0 Å². The van der Waals surface area contributed by atoms with Crippen molar-refractivity contribution in [2.45, 2.75) is 24.0 Å². The zero-order valence-electron chi connectivity index (χ0n) is 11.2. The molecule has 1 aromatic heterocycles. The smallest absolute Gasteiger partial charge is 0.335 e. The van der Waals surface area contributed by atoms with Crippen LogP contribution in [0.2, 0.25) is 5.02 Å². The number of carbonyl (C=O) groups is 1. The van der Waals surface area contributed by atoms with E-state index in [1.165, 1.54) is 23.5 Å². The fraction of sp³-hybridized carbons (Fsp3) is 0.214. The van der Waals surface area contributed by atoms with Crippen molar-refractivity contribution in [3.8, 4) is 0 Å². The van der Waals surface area contributed by atoms with Crippen LogP contribution < -0.4 is 0 Å². The molecule has 1 N–H and O–H groups in total. The lowest BCUT2D eigenvalue weighted by Gasteiger charge is -2.06. The predicted molar refractivity (Wildman–Crippen MR) is 83.0 cm³/mol. The largest absolute Gasteiger partial charge is 0.478 e. The Bertz CT molecular complexity index is 778.